The summed E-state index contributed by atoms with van der Waals surface area (Å²) in [6.07, 6.45) is 2.89. The zero-order valence-corrected chi connectivity index (χ0v) is 12.1. The van der Waals surface area contributed by atoms with Crippen LogP contribution in [0.2, 0.25) is 0 Å². The number of aromatic nitrogens is 1. The summed E-state index contributed by atoms with van der Waals surface area (Å²) in [5, 5.41) is 6.64. The molecule has 90 valence electrons. The van der Waals surface area contributed by atoms with Gasteiger partial charge in [0.25, 0.3) is 0 Å². The highest BCUT2D eigenvalue weighted by Crippen LogP contribution is 2.12. The molecular weight excluding hydrogens is 296 g/mol. The van der Waals surface area contributed by atoms with Crippen LogP contribution in [0.5, 0.6) is 0 Å². The van der Waals surface area contributed by atoms with Crippen molar-refractivity contribution in [1.29, 1.82) is 0 Å². The van der Waals surface area contributed by atoms with Crippen LogP contribution in [0.25, 0.3) is 0 Å². The predicted octanol–water partition coefficient (Wildman–Crippen LogP) is 3.63. The highest BCUT2D eigenvalue weighted by molar-refractivity contribution is 9.10. The van der Waals surface area contributed by atoms with Crippen LogP contribution in [0.4, 0.5) is 0 Å². The van der Waals surface area contributed by atoms with Gasteiger partial charge in [-0.15, -0.1) is 11.3 Å². The lowest BCUT2D eigenvalue weighted by Crippen LogP contribution is -2.27. The third-order valence-electron chi connectivity index (χ3n) is 2.54. The lowest BCUT2D eigenvalue weighted by molar-refractivity contribution is 0.544. The van der Waals surface area contributed by atoms with Crippen molar-refractivity contribution in [2.45, 2.75) is 25.9 Å². The van der Waals surface area contributed by atoms with Gasteiger partial charge in [0.2, 0.25) is 0 Å². The maximum atomic E-state index is 4.26. The maximum Gasteiger partial charge on any atom is 0.106 e. The smallest absolute Gasteiger partial charge is 0.106 e. The number of halogens is 1. The molecule has 0 bridgehead atoms. The lowest BCUT2D eigenvalue weighted by atomic mass is 10.1. The largest absolute Gasteiger partial charge is 0.308 e. The van der Waals surface area contributed by atoms with Crippen LogP contribution in [0.15, 0.2) is 40.3 Å². The second-order valence-corrected chi connectivity index (χ2v) is 5.93. The van der Waals surface area contributed by atoms with E-state index in [1.807, 2.05) is 11.6 Å². The van der Waals surface area contributed by atoms with Crippen molar-refractivity contribution in [1.82, 2.24) is 10.3 Å². The fraction of sp³-hybridized carbons (Fsp3) is 0.308. The molecule has 0 fully saturated rings. The van der Waals surface area contributed by atoms with Gasteiger partial charge in [-0.05, 0) is 31.0 Å². The van der Waals surface area contributed by atoms with Crippen molar-refractivity contribution in [2.24, 2.45) is 0 Å². The van der Waals surface area contributed by atoms with E-state index in [0.29, 0.717) is 6.04 Å². The summed E-state index contributed by atoms with van der Waals surface area (Å²) < 4.78 is 1.13. The van der Waals surface area contributed by atoms with E-state index in [-0.39, 0.29) is 0 Å². The Morgan fingerprint density at radius 3 is 2.76 bits per heavy atom. The Morgan fingerprint density at radius 1 is 1.35 bits per heavy atom. The fourth-order valence-electron chi connectivity index (χ4n) is 1.65. The second-order valence-electron chi connectivity index (χ2n) is 4.04. The molecule has 0 amide bonds. The van der Waals surface area contributed by atoms with E-state index in [4.69, 9.17) is 0 Å². The Morgan fingerprint density at radius 2 is 2.12 bits per heavy atom. The van der Waals surface area contributed by atoms with Crippen molar-refractivity contribution in [3.05, 3.63) is 50.9 Å². The van der Waals surface area contributed by atoms with Crippen LogP contribution in [0.1, 0.15) is 17.5 Å². The van der Waals surface area contributed by atoms with E-state index in [9.17, 15) is 0 Å². The molecule has 2 rings (SSSR count). The molecule has 0 aliphatic carbocycles. The zero-order chi connectivity index (χ0) is 12.1. The van der Waals surface area contributed by atoms with Gasteiger partial charge in [-0.25, -0.2) is 4.98 Å². The number of hydrogen-bond acceptors (Lipinski definition) is 3. The molecule has 0 saturated carbocycles. The molecule has 0 spiro atoms. The molecule has 1 N–H and O–H groups in total. The lowest BCUT2D eigenvalue weighted by Gasteiger charge is -2.12. The maximum absolute atomic E-state index is 4.26. The predicted molar refractivity (Wildman–Crippen MR) is 76.3 cm³/mol. The van der Waals surface area contributed by atoms with Gasteiger partial charge in [-0.2, -0.15) is 0 Å². The number of nitrogens with one attached hydrogen (secondary N) is 1. The third-order valence-corrected chi connectivity index (χ3v) is 3.85. The zero-order valence-electron chi connectivity index (χ0n) is 9.69. The first-order valence-corrected chi connectivity index (χ1v) is 7.27. The average Bonchev–Trinajstić information content (AvgIpc) is 2.83. The van der Waals surface area contributed by atoms with Crippen LogP contribution in [0, 0.1) is 0 Å². The number of benzene rings is 1. The van der Waals surface area contributed by atoms with Crippen LogP contribution in [-0.4, -0.2) is 11.0 Å². The van der Waals surface area contributed by atoms with Crippen molar-refractivity contribution < 1.29 is 0 Å². The standard InChI is InChI=1S/C13H15BrN2S/c1-10(16-9-13-15-6-7-17-13)8-11-2-4-12(14)5-3-11/h2-7,10,16H,8-9H2,1H3. The van der Waals surface area contributed by atoms with Gasteiger partial charge in [0.1, 0.15) is 5.01 Å². The van der Waals surface area contributed by atoms with Gasteiger partial charge >= 0.3 is 0 Å². The molecule has 0 saturated heterocycles. The number of hydrogen-bond donors (Lipinski definition) is 1. The number of nitrogens with zero attached hydrogens (tertiary/aromatic N) is 1. The first kappa shape index (κ1) is 12.7. The normalized spacial score (nSPS) is 12.6. The van der Waals surface area contributed by atoms with E-state index in [2.05, 4.69) is 57.4 Å². The molecule has 2 nitrogen and oxygen atoms in total. The molecule has 1 unspecified atom stereocenters. The first-order valence-electron chi connectivity index (χ1n) is 5.60. The summed E-state index contributed by atoms with van der Waals surface area (Å²) in [5.74, 6) is 0. The van der Waals surface area contributed by atoms with Crippen molar-refractivity contribution in [3.63, 3.8) is 0 Å². The number of thiazole rings is 1. The monoisotopic (exact) mass is 310 g/mol. The topological polar surface area (TPSA) is 24.9 Å². The minimum Gasteiger partial charge on any atom is -0.308 e. The first-order chi connectivity index (χ1) is 8.24. The second kappa shape index (κ2) is 6.28. The van der Waals surface area contributed by atoms with Crippen LogP contribution in [-0.2, 0) is 13.0 Å². The fourth-order valence-corrected chi connectivity index (χ4v) is 2.48. The van der Waals surface area contributed by atoms with E-state index in [1.54, 1.807) is 11.3 Å². The van der Waals surface area contributed by atoms with Gasteiger partial charge in [0, 0.05) is 28.6 Å². The third kappa shape index (κ3) is 4.22. The Bertz CT molecular complexity index is 439. The highest BCUT2D eigenvalue weighted by Gasteiger charge is 2.04. The molecule has 17 heavy (non-hydrogen) atoms. The highest BCUT2D eigenvalue weighted by atomic mass is 79.9. The number of rotatable bonds is 5. The van der Waals surface area contributed by atoms with Gasteiger partial charge < -0.3 is 5.32 Å². The van der Waals surface area contributed by atoms with Crippen LogP contribution >= 0.6 is 27.3 Å². The van der Waals surface area contributed by atoms with E-state index >= 15 is 0 Å². The summed E-state index contributed by atoms with van der Waals surface area (Å²) in [4.78, 5) is 4.26. The Kier molecular flexibility index (Phi) is 4.71. The molecule has 0 aliphatic heterocycles. The minimum absolute atomic E-state index is 0.458. The Labute approximate surface area is 114 Å². The van der Waals surface area contributed by atoms with Gasteiger partial charge in [-0.1, -0.05) is 28.1 Å². The molecule has 1 heterocycles. The van der Waals surface area contributed by atoms with Gasteiger partial charge in [-0.3, -0.25) is 0 Å². The van der Waals surface area contributed by atoms with E-state index < -0.39 is 0 Å². The average molecular weight is 311 g/mol. The van der Waals surface area contributed by atoms with Gasteiger partial charge in [0.05, 0.1) is 0 Å². The van der Waals surface area contributed by atoms with Crippen LogP contribution < -0.4 is 5.32 Å². The van der Waals surface area contributed by atoms with Crippen molar-refractivity contribution in [2.75, 3.05) is 0 Å². The molecule has 0 aliphatic rings. The van der Waals surface area contributed by atoms with Crippen molar-refractivity contribution in [3.8, 4) is 0 Å². The van der Waals surface area contributed by atoms with Gasteiger partial charge in [0.15, 0.2) is 0 Å². The summed E-state index contributed by atoms with van der Waals surface area (Å²) in [6, 6.07) is 8.95. The molecule has 2 aromatic rings. The molecule has 4 heteroatoms. The quantitative estimate of drug-likeness (QED) is 0.912. The molecule has 0 radical (unpaired) electrons. The minimum atomic E-state index is 0.458. The summed E-state index contributed by atoms with van der Waals surface area (Å²) in [5.41, 5.74) is 1.35. The Balaban J connectivity index is 1.80. The molecule has 1 atom stereocenters. The van der Waals surface area contributed by atoms with Crippen molar-refractivity contribution >= 4 is 27.3 Å². The molecule has 1 aromatic heterocycles. The SMILES string of the molecule is CC(Cc1ccc(Br)cc1)NCc1nccs1. The molecular formula is C13H15BrN2S. The summed E-state index contributed by atoms with van der Waals surface area (Å²) in [7, 11) is 0. The van der Waals surface area contributed by atoms with Crippen LogP contribution in [0.3, 0.4) is 0 Å². The summed E-state index contributed by atoms with van der Waals surface area (Å²) >= 11 is 5.14. The summed E-state index contributed by atoms with van der Waals surface area (Å²) in [6.45, 7) is 3.06. The Hall–Kier alpha value is -0.710. The van der Waals surface area contributed by atoms with E-state index in [1.165, 1.54) is 5.56 Å². The van der Waals surface area contributed by atoms with E-state index in [0.717, 1.165) is 22.4 Å². The molecule has 1 aromatic carbocycles.